The van der Waals surface area contributed by atoms with Crippen LogP contribution < -0.4 is 21.3 Å². The van der Waals surface area contributed by atoms with Gasteiger partial charge in [-0.2, -0.15) is 0 Å². The molecular formula is C26H28FN5O4S. The lowest BCUT2D eigenvalue weighted by Gasteiger charge is -2.12. The molecule has 0 atom stereocenters. The molecule has 0 aliphatic heterocycles. The second-order valence-electron chi connectivity index (χ2n) is 8.48. The molecule has 0 saturated heterocycles. The Hall–Kier alpha value is -3.86. The molecule has 0 aliphatic rings. The van der Waals surface area contributed by atoms with Crippen LogP contribution in [0.2, 0.25) is 0 Å². The van der Waals surface area contributed by atoms with E-state index >= 15 is 0 Å². The van der Waals surface area contributed by atoms with Crippen LogP contribution in [-0.4, -0.2) is 37.0 Å². The summed E-state index contributed by atoms with van der Waals surface area (Å²) in [6.45, 7) is 2.63. The number of fused-ring (bicyclic) bond motifs is 1. The topological polar surface area (TPSA) is 100 Å². The molecule has 0 radical (unpaired) electrons. The number of carbonyl (C=O) groups is 1. The number of aromatic nitrogens is 4. The van der Waals surface area contributed by atoms with Crippen molar-refractivity contribution >= 4 is 34.5 Å². The lowest BCUT2D eigenvalue weighted by molar-refractivity contribution is -0.113. The number of nitrogens with one attached hydrogen (secondary N) is 1. The number of unbranched alkanes of at least 4 members (excludes halogenated alkanes) is 1. The molecule has 0 bridgehead atoms. The van der Waals surface area contributed by atoms with Crippen molar-refractivity contribution < 1.29 is 13.9 Å². The van der Waals surface area contributed by atoms with Gasteiger partial charge in [-0.15, -0.1) is 0 Å². The Bertz CT molecular complexity index is 1560. The smallest absolute Gasteiger partial charge is 0.332 e. The standard InChI is InChI=1S/C26H28FN5O4S/c1-4-5-14-36-20-13-9-8-12-19(20)28-21(33)16-37-25-29-23-22(24(34)31(3)26(35)30(23)2)32(25)15-17-10-6-7-11-18(17)27/h6-13H,4-5,14-16H2,1-3H3,(H,28,33). The molecule has 37 heavy (non-hydrogen) atoms. The third-order valence-corrected chi connectivity index (χ3v) is 6.82. The molecule has 0 unspecified atom stereocenters. The molecule has 0 aliphatic carbocycles. The number of halogens is 1. The van der Waals surface area contributed by atoms with Crippen LogP contribution in [0.4, 0.5) is 10.1 Å². The number of benzene rings is 2. The minimum absolute atomic E-state index is 0.00860. The van der Waals surface area contributed by atoms with E-state index in [1.807, 2.05) is 6.07 Å². The third-order valence-electron chi connectivity index (χ3n) is 5.85. The number of aryl methyl sites for hydroxylation is 1. The van der Waals surface area contributed by atoms with E-state index in [0.29, 0.717) is 28.8 Å². The quantitative estimate of drug-likeness (QED) is 0.251. The zero-order chi connectivity index (χ0) is 26.5. The van der Waals surface area contributed by atoms with Crippen molar-refractivity contribution in [2.45, 2.75) is 31.5 Å². The van der Waals surface area contributed by atoms with E-state index < -0.39 is 17.1 Å². The molecule has 4 aromatic rings. The fourth-order valence-corrected chi connectivity index (χ4v) is 4.61. The Morgan fingerprint density at radius 2 is 1.81 bits per heavy atom. The number of anilines is 1. The predicted molar refractivity (Wildman–Crippen MR) is 142 cm³/mol. The number of amides is 1. The van der Waals surface area contributed by atoms with E-state index in [-0.39, 0.29) is 29.4 Å². The number of imidazole rings is 1. The fraction of sp³-hybridized carbons (Fsp3) is 0.308. The highest BCUT2D eigenvalue weighted by Gasteiger charge is 2.21. The number of thioether (sulfide) groups is 1. The van der Waals surface area contributed by atoms with E-state index in [9.17, 15) is 18.8 Å². The summed E-state index contributed by atoms with van der Waals surface area (Å²) in [6.07, 6.45) is 1.89. The number of hydrogen-bond acceptors (Lipinski definition) is 6. The van der Waals surface area contributed by atoms with Crippen LogP contribution in [0.5, 0.6) is 5.75 Å². The molecule has 4 rings (SSSR count). The molecular weight excluding hydrogens is 497 g/mol. The highest BCUT2D eigenvalue weighted by atomic mass is 32.2. The van der Waals surface area contributed by atoms with Crippen LogP contribution in [0.25, 0.3) is 11.2 Å². The van der Waals surface area contributed by atoms with Crippen LogP contribution in [0.3, 0.4) is 0 Å². The van der Waals surface area contributed by atoms with Gasteiger partial charge in [0.1, 0.15) is 11.6 Å². The van der Waals surface area contributed by atoms with Crippen molar-refractivity contribution in [2.24, 2.45) is 14.1 Å². The van der Waals surface area contributed by atoms with Crippen molar-refractivity contribution in [3.8, 4) is 5.75 Å². The average molecular weight is 526 g/mol. The molecule has 1 N–H and O–H groups in total. The Labute approximate surface area is 216 Å². The Kier molecular flexibility index (Phi) is 8.12. The summed E-state index contributed by atoms with van der Waals surface area (Å²) in [5.74, 6) is -0.181. The summed E-state index contributed by atoms with van der Waals surface area (Å²) in [5, 5.41) is 3.18. The van der Waals surface area contributed by atoms with Crippen molar-refractivity contribution in [2.75, 3.05) is 17.7 Å². The lowest BCUT2D eigenvalue weighted by Crippen LogP contribution is -2.37. The van der Waals surface area contributed by atoms with Gasteiger partial charge >= 0.3 is 5.69 Å². The summed E-state index contributed by atoms with van der Waals surface area (Å²) in [5.41, 5.74) is 0.161. The van der Waals surface area contributed by atoms with Crippen molar-refractivity contribution in [3.05, 3.63) is 80.7 Å². The number of ether oxygens (including phenoxy) is 1. The SMILES string of the molecule is CCCCOc1ccccc1NC(=O)CSc1nc2c(c(=O)n(C)c(=O)n2C)n1Cc1ccccc1F. The summed E-state index contributed by atoms with van der Waals surface area (Å²) in [7, 11) is 2.89. The number of nitrogens with zero attached hydrogens (tertiary/aromatic N) is 4. The van der Waals surface area contributed by atoms with Gasteiger partial charge < -0.3 is 14.6 Å². The second-order valence-corrected chi connectivity index (χ2v) is 9.43. The van der Waals surface area contributed by atoms with Gasteiger partial charge in [0.15, 0.2) is 16.3 Å². The number of carbonyl (C=O) groups excluding carboxylic acids is 1. The number of para-hydroxylation sites is 2. The first kappa shape index (κ1) is 26.2. The van der Waals surface area contributed by atoms with Gasteiger partial charge in [0.05, 0.1) is 24.6 Å². The molecule has 0 spiro atoms. The molecule has 2 heterocycles. The number of rotatable bonds is 10. The minimum atomic E-state index is -0.545. The average Bonchev–Trinajstić information content (AvgIpc) is 3.25. The van der Waals surface area contributed by atoms with Crippen LogP contribution >= 0.6 is 11.8 Å². The lowest BCUT2D eigenvalue weighted by atomic mass is 10.2. The highest BCUT2D eigenvalue weighted by Crippen LogP contribution is 2.26. The fourth-order valence-electron chi connectivity index (χ4n) is 3.82. The Balaban J connectivity index is 1.63. The monoisotopic (exact) mass is 525 g/mol. The van der Waals surface area contributed by atoms with Gasteiger partial charge in [-0.25, -0.2) is 14.2 Å². The maximum Gasteiger partial charge on any atom is 0.332 e. The van der Waals surface area contributed by atoms with E-state index in [1.165, 1.54) is 24.7 Å². The van der Waals surface area contributed by atoms with E-state index in [4.69, 9.17) is 4.74 Å². The zero-order valence-corrected chi connectivity index (χ0v) is 21.7. The summed E-state index contributed by atoms with van der Waals surface area (Å²) >= 11 is 1.09. The third kappa shape index (κ3) is 5.61. The van der Waals surface area contributed by atoms with E-state index in [2.05, 4.69) is 17.2 Å². The Morgan fingerprint density at radius 1 is 1.08 bits per heavy atom. The van der Waals surface area contributed by atoms with Gasteiger partial charge in [-0.1, -0.05) is 55.4 Å². The first-order chi connectivity index (χ1) is 17.8. The molecule has 194 valence electrons. The van der Waals surface area contributed by atoms with Gasteiger partial charge in [-0.3, -0.25) is 18.7 Å². The van der Waals surface area contributed by atoms with Crippen molar-refractivity contribution in [3.63, 3.8) is 0 Å². The van der Waals surface area contributed by atoms with Crippen molar-refractivity contribution in [1.82, 2.24) is 18.7 Å². The summed E-state index contributed by atoms with van der Waals surface area (Å²) in [6, 6.07) is 13.4. The van der Waals surface area contributed by atoms with Gasteiger partial charge in [0, 0.05) is 19.7 Å². The minimum Gasteiger partial charge on any atom is -0.491 e. The molecule has 9 nitrogen and oxygen atoms in total. The molecule has 0 saturated carbocycles. The summed E-state index contributed by atoms with van der Waals surface area (Å²) in [4.78, 5) is 42.8. The van der Waals surface area contributed by atoms with Crippen LogP contribution in [0.15, 0.2) is 63.3 Å². The van der Waals surface area contributed by atoms with Crippen molar-refractivity contribution in [1.29, 1.82) is 0 Å². The maximum absolute atomic E-state index is 14.5. The normalized spacial score (nSPS) is 11.1. The van der Waals surface area contributed by atoms with E-state index in [1.54, 1.807) is 41.0 Å². The van der Waals surface area contributed by atoms with Crippen LogP contribution in [-0.2, 0) is 25.4 Å². The van der Waals surface area contributed by atoms with E-state index in [0.717, 1.165) is 29.2 Å². The van der Waals surface area contributed by atoms with Crippen LogP contribution in [0, 0.1) is 5.82 Å². The highest BCUT2D eigenvalue weighted by molar-refractivity contribution is 7.99. The molecule has 2 aromatic carbocycles. The van der Waals surface area contributed by atoms with Crippen LogP contribution in [0.1, 0.15) is 25.3 Å². The molecule has 1 amide bonds. The second kappa shape index (κ2) is 11.5. The van der Waals surface area contributed by atoms with Gasteiger partial charge in [0.25, 0.3) is 5.56 Å². The maximum atomic E-state index is 14.5. The summed E-state index contributed by atoms with van der Waals surface area (Å²) < 4.78 is 24.1. The van der Waals surface area contributed by atoms with Gasteiger partial charge in [-0.05, 0) is 24.6 Å². The predicted octanol–water partition coefficient (Wildman–Crippen LogP) is 3.53. The molecule has 0 fully saturated rings. The molecule has 11 heteroatoms. The number of hydrogen-bond donors (Lipinski definition) is 1. The Morgan fingerprint density at radius 3 is 2.57 bits per heavy atom. The first-order valence-electron chi connectivity index (χ1n) is 11.9. The van der Waals surface area contributed by atoms with Gasteiger partial charge in [0.2, 0.25) is 5.91 Å². The first-order valence-corrected chi connectivity index (χ1v) is 12.8. The molecule has 2 aromatic heterocycles. The largest absolute Gasteiger partial charge is 0.491 e. The zero-order valence-electron chi connectivity index (χ0n) is 20.9.